The van der Waals surface area contributed by atoms with Crippen LogP contribution in [0.25, 0.3) is 5.69 Å². The number of ether oxygens (including phenoxy) is 1. The molecule has 1 fully saturated rings. The molecule has 0 spiro atoms. The molecule has 1 saturated heterocycles. The van der Waals surface area contributed by atoms with E-state index in [1.807, 2.05) is 36.2 Å². The second-order valence-electron chi connectivity index (χ2n) is 7.39. The van der Waals surface area contributed by atoms with Crippen molar-refractivity contribution in [2.24, 2.45) is 4.99 Å². The summed E-state index contributed by atoms with van der Waals surface area (Å²) in [6.07, 6.45) is 7.35. The Morgan fingerprint density at radius 2 is 2.00 bits per heavy atom. The summed E-state index contributed by atoms with van der Waals surface area (Å²) in [5.74, 6) is 1.98. The highest BCUT2D eigenvalue weighted by atomic mass is 32.2. The smallest absolute Gasteiger partial charge is 0.160 e. The van der Waals surface area contributed by atoms with Crippen LogP contribution in [0.3, 0.4) is 0 Å². The van der Waals surface area contributed by atoms with Gasteiger partial charge < -0.3 is 14.2 Å². The number of fused-ring (bicyclic) bond motifs is 1. The van der Waals surface area contributed by atoms with E-state index in [2.05, 4.69) is 64.1 Å². The van der Waals surface area contributed by atoms with Crippen molar-refractivity contribution in [1.82, 2.24) is 14.5 Å². The van der Waals surface area contributed by atoms with Gasteiger partial charge in [0.2, 0.25) is 0 Å². The number of nitrogens with zero attached hydrogens (tertiary/aromatic N) is 4. The molecule has 5 nitrogen and oxygen atoms in total. The van der Waals surface area contributed by atoms with Gasteiger partial charge in [0.25, 0.3) is 0 Å². The van der Waals surface area contributed by atoms with Crippen molar-refractivity contribution in [3.05, 3.63) is 78.4 Å². The predicted octanol–water partition coefficient (Wildman–Crippen LogP) is 4.86. The summed E-state index contributed by atoms with van der Waals surface area (Å²) < 4.78 is 7.46. The number of methoxy groups -OCH3 is 1. The maximum absolute atomic E-state index is 5.29. The van der Waals surface area contributed by atoms with Gasteiger partial charge in [0.1, 0.15) is 11.8 Å². The van der Waals surface area contributed by atoms with Gasteiger partial charge in [-0.05, 0) is 54.4 Å². The van der Waals surface area contributed by atoms with Crippen LogP contribution in [0, 0.1) is 0 Å². The Bertz CT molecular complexity index is 1010. The topological polar surface area (TPSA) is 42.6 Å². The third-order valence-corrected chi connectivity index (χ3v) is 6.88. The fraction of sp³-hybridized carbons (Fsp3) is 0.304. The zero-order chi connectivity index (χ0) is 19.8. The van der Waals surface area contributed by atoms with Gasteiger partial charge >= 0.3 is 0 Å². The van der Waals surface area contributed by atoms with Crippen LogP contribution >= 0.6 is 11.8 Å². The molecule has 3 aromatic rings. The van der Waals surface area contributed by atoms with Gasteiger partial charge in [-0.25, -0.2) is 0 Å². The molecule has 0 unspecified atom stereocenters. The van der Waals surface area contributed by atoms with E-state index >= 15 is 0 Å². The van der Waals surface area contributed by atoms with Gasteiger partial charge in [-0.3, -0.25) is 9.98 Å². The average molecular weight is 405 g/mol. The lowest BCUT2D eigenvalue weighted by atomic mass is 9.97. The molecule has 1 aromatic carbocycles. The summed E-state index contributed by atoms with van der Waals surface area (Å²) >= 11 is 1.88. The third kappa shape index (κ3) is 3.21. The van der Waals surface area contributed by atoms with Gasteiger partial charge in [-0.2, -0.15) is 0 Å². The number of aromatic nitrogens is 2. The molecule has 2 aromatic heterocycles. The zero-order valence-corrected chi connectivity index (χ0v) is 17.4. The molecule has 4 heterocycles. The van der Waals surface area contributed by atoms with E-state index in [-0.39, 0.29) is 12.1 Å². The van der Waals surface area contributed by atoms with Crippen LogP contribution in [0.15, 0.2) is 72.1 Å². The fourth-order valence-corrected chi connectivity index (χ4v) is 5.55. The number of rotatable bonds is 5. The quantitative estimate of drug-likeness (QED) is 0.609. The highest BCUT2D eigenvalue weighted by Gasteiger charge is 2.45. The molecule has 0 N–H and O–H groups in total. The summed E-state index contributed by atoms with van der Waals surface area (Å²) in [7, 11) is 1.69. The first-order valence-corrected chi connectivity index (χ1v) is 11.0. The zero-order valence-electron chi connectivity index (χ0n) is 16.6. The Balaban J connectivity index is 1.52. The van der Waals surface area contributed by atoms with Crippen LogP contribution in [-0.4, -0.2) is 38.5 Å². The van der Waals surface area contributed by atoms with Gasteiger partial charge in [0, 0.05) is 36.1 Å². The predicted molar refractivity (Wildman–Crippen MR) is 118 cm³/mol. The van der Waals surface area contributed by atoms with Crippen LogP contribution < -0.4 is 4.74 Å². The monoisotopic (exact) mass is 404 g/mol. The number of pyridine rings is 1. The lowest BCUT2D eigenvalue weighted by molar-refractivity contribution is 0.255. The highest BCUT2D eigenvalue weighted by molar-refractivity contribution is 8.14. The Kier molecular flexibility index (Phi) is 4.79. The number of hydrogen-bond acceptors (Lipinski definition) is 5. The molecule has 0 aliphatic carbocycles. The van der Waals surface area contributed by atoms with E-state index in [9.17, 15) is 0 Å². The molecule has 0 bridgehead atoms. The first-order valence-electron chi connectivity index (χ1n) is 10.0. The number of aliphatic imine (C=N–C) groups is 1. The maximum atomic E-state index is 5.29. The molecule has 5 rings (SSSR count). The Hall–Kier alpha value is -2.73. The van der Waals surface area contributed by atoms with Crippen molar-refractivity contribution in [3.63, 3.8) is 0 Å². The summed E-state index contributed by atoms with van der Waals surface area (Å²) in [5.41, 5.74) is 3.43. The van der Waals surface area contributed by atoms with Crippen LogP contribution in [-0.2, 0) is 0 Å². The SMILES string of the molecule is CC[C@H]1CSC2=N[C@H](c3ccccn3)[C@@H](c3ccn(-c4ccc(OC)cc4)c3)N21. The third-order valence-electron chi connectivity index (χ3n) is 5.76. The summed E-state index contributed by atoms with van der Waals surface area (Å²) in [6, 6.07) is 17.2. The normalized spacial score (nSPS) is 23.2. The van der Waals surface area contributed by atoms with E-state index < -0.39 is 0 Å². The van der Waals surface area contributed by atoms with Crippen LogP contribution in [0.2, 0.25) is 0 Å². The van der Waals surface area contributed by atoms with Crippen LogP contribution in [0.5, 0.6) is 5.75 Å². The van der Waals surface area contributed by atoms with Gasteiger partial charge in [-0.1, -0.05) is 24.8 Å². The van der Waals surface area contributed by atoms with Gasteiger partial charge in [-0.15, -0.1) is 0 Å². The molecule has 3 atom stereocenters. The molecule has 6 heteroatoms. The van der Waals surface area contributed by atoms with Crippen molar-refractivity contribution in [3.8, 4) is 11.4 Å². The summed E-state index contributed by atoms with van der Waals surface area (Å²) in [4.78, 5) is 12.3. The Labute approximate surface area is 175 Å². The summed E-state index contributed by atoms with van der Waals surface area (Å²) in [5, 5.41) is 1.16. The molecule has 2 aliphatic rings. The molecule has 0 amide bonds. The lowest BCUT2D eigenvalue weighted by Crippen LogP contribution is -2.35. The first-order chi connectivity index (χ1) is 14.3. The molecule has 0 saturated carbocycles. The number of benzene rings is 1. The minimum Gasteiger partial charge on any atom is -0.497 e. The number of thioether (sulfide) groups is 1. The maximum Gasteiger partial charge on any atom is 0.160 e. The van der Waals surface area contributed by atoms with Crippen molar-refractivity contribution in [2.75, 3.05) is 12.9 Å². The van der Waals surface area contributed by atoms with Gasteiger partial charge in [0.15, 0.2) is 5.17 Å². The van der Waals surface area contributed by atoms with Gasteiger partial charge in [0.05, 0.1) is 18.8 Å². The minimum atomic E-state index is 0.0276. The first kappa shape index (κ1) is 18.3. The molecule has 148 valence electrons. The molecular formula is C23H24N4OS. The van der Waals surface area contributed by atoms with E-state index in [1.165, 1.54) is 5.56 Å². The molecule has 29 heavy (non-hydrogen) atoms. The standard InChI is InChI=1S/C23H24N4OS/c1-3-17-15-29-23-25-21(20-6-4-5-12-24-20)22(27(17)23)16-11-13-26(14-16)18-7-9-19(28-2)10-8-18/h4-14,17,21-22H,3,15H2,1-2H3/t17-,21+,22+/m0/s1. The number of amidine groups is 1. The largest absolute Gasteiger partial charge is 0.497 e. The lowest BCUT2D eigenvalue weighted by Gasteiger charge is -2.31. The van der Waals surface area contributed by atoms with Crippen molar-refractivity contribution in [1.29, 1.82) is 0 Å². The van der Waals surface area contributed by atoms with E-state index in [0.29, 0.717) is 6.04 Å². The van der Waals surface area contributed by atoms with Crippen LogP contribution in [0.1, 0.15) is 36.7 Å². The fourth-order valence-electron chi connectivity index (χ4n) is 4.21. The highest BCUT2D eigenvalue weighted by Crippen LogP contribution is 2.48. The Morgan fingerprint density at radius 3 is 2.72 bits per heavy atom. The second-order valence-corrected chi connectivity index (χ2v) is 8.37. The summed E-state index contributed by atoms with van der Waals surface area (Å²) in [6.45, 7) is 2.27. The minimum absolute atomic E-state index is 0.0276. The van der Waals surface area contributed by atoms with E-state index in [0.717, 1.165) is 34.5 Å². The van der Waals surface area contributed by atoms with Crippen LogP contribution in [0.4, 0.5) is 0 Å². The van der Waals surface area contributed by atoms with Crippen molar-refractivity contribution < 1.29 is 4.74 Å². The van der Waals surface area contributed by atoms with Crippen molar-refractivity contribution in [2.45, 2.75) is 31.5 Å². The van der Waals surface area contributed by atoms with E-state index in [4.69, 9.17) is 9.73 Å². The molecule has 2 aliphatic heterocycles. The Morgan fingerprint density at radius 1 is 1.14 bits per heavy atom. The second kappa shape index (κ2) is 7.59. The average Bonchev–Trinajstić information content (AvgIpc) is 3.49. The molecule has 0 radical (unpaired) electrons. The molecular weight excluding hydrogens is 380 g/mol. The van der Waals surface area contributed by atoms with Crippen molar-refractivity contribution >= 4 is 16.9 Å². The van der Waals surface area contributed by atoms with E-state index in [1.54, 1.807) is 7.11 Å². The number of hydrogen-bond donors (Lipinski definition) is 0.